The summed E-state index contributed by atoms with van der Waals surface area (Å²) in [6.07, 6.45) is 2.94. The van der Waals surface area contributed by atoms with Crippen LogP contribution in [0.15, 0.2) is 0 Å². The summed E-state index contributed by atoms with van der Waals surface area (Å²) < 4.78 is 10.2. The lowest BCUT2D eigenvalue weighted by molar-refractivity contribution is -0.132. The summed E-state index contributed by atoms with van der Waals surface area (Å²) in [5, 5.41) is 6.29. The van der Waals surface area contributed by atoms with E-state index in [2.05, 4.69) is 17.6 Å². The number of ether oxygens (including phenoxy) is 2. The van der Waals surface area contributed by atoms with Crippen molar-refractivity contribution in [3.05, 3.63) is 0 Å². The number of hydrogen-bond donors (Lipinski definition) is 2. The maximum Gasteiger partial charge on any atom is 0.227 e. The second-order valence-electron chi connectivity index (χ2n) is 4.78. The van der Waals surface area contributed by atoms with Crippen molar-refractivity contribution in [1.82, 2.24) is 10.6 Å². The van der Waals surface area contributed by atoms with Gasteiger partial charge in [-0.05, 0) is 25.8 Å². The van der Waals surface area contributed by atoms with Crippen molar-refractivity contribution in [2.24, 2.45) is 5.41 Å². The minimum Gasteiger partial charge on any atom is -0.382 e. The molecule has 0 aliphatic carbocycles. The van der Waals surface area contributed by atoms with Crippen molar-refractivity contribution in [3.8, 4) is 0 Å². The first-order valence-electron chi connectivity index (χ1n) is 6.81. The van der Waals surface area contributed by atoms with Crippen LogP contribution in [-0.2, 0) is 14.3 Å². The largest absolute Gasteiger partial charge is 0.382 e. The van der Waals surface area contributed by atoms with Gasteiger partial charge in [-0.2, -0.15) is 0 Å². The molecule has 1 atom stereocenters. The van der Waals surface area contributed by atoms with Gasteiger partial charge < -0.3 is 20.1 Å². The fourth-order valence-corrected chi connectivity index (χ4v) is 2.29. The van der Waals surface area contributed by atoms with Gasteiger partial charge in [0, 0.05) is 20.2 Å². The zero-order valence-electron chi connectivity index (χ0n) is 11.6. The predicted octanol–water partition coefficient (Wildman–Crippen LogP) is 0.545. The number of piperidine rings is 1. The Morgan fingerprint density at radius 2 is 2.22 bits per heavy atom. The van der Waals surface area contributed by atoms with E-state index < -0.39 is 0 Å². The first-order chi connectivity index (χ1) is 8.75. The Morgan fingerprint density at radius 1 is 1.39 bits per heavy atom. The molecule has 1 heterocycles. The van der Waals surface area contributed by atoms with E-state index in [0.29, 0.717) is 26.4 Å². The molecule has 1 saturated heterocycles. The molecule has 1 aliphatic heterocycles. The molecular formula is C13H26N2O3. The van der Waals surface area contributed by atoms with Crippen LogP contribution in [0.3, 0.4) is 0 Å². The van der Waals surface area contributed by atoms with Gasteiger partial charge in [0.05, 0.1) is 25.2 Å². The summed E-state index contributed by atoms with van der Waals surface area (Å²) in [5.74, 6) is 0.160. The minimum absolute atomic E-state index is 0.160. The van der Waals surface area contributed by atoms with E-state index in [4.69, 9.17) is 9.47 Å². The average Bonchev–Trinajstić information content (AvgIpc) is 2.43. The zero-order valence-corrected chi connectivity index (χ0v) is 11.6. The third kappa shape index (κ3) is 4.55. The SMILES string of the molecule is CCC1(C(=O)NCCOCCOC)CCCNC1. The number of nitrogens with one attached hydrogen (secondary N) is 2. The standard InChI is InChI=1S/C13H26N2O3/c1-3-13(5-4-6-14-11-13)12(16)15-7-8-18-10-9-17-2/h14H,3-11H2,1-2H3,(H,15,16). The Bertz CT molecular complexity index is 240. The molecule has 0 aromatic rings. The quantitative estimate of drug-likeness (QED) is 0.624. The van der Waals surface area contributed by atoms with Crippen molar-refractivity contribution in [2.75, 3.05) is 46.6 Å². The predicted molar refractivity (Wildman–Crippen MR) is 70.5 cm³/mol. The van der Waals surface area contributed by atoms with E-state index in [1.807, 2.05) is 0 Å². The van der Waals surface area contributed by atoms with Gasteiger partial charge in [-0.1, -0.05) is 6.92 Å². The summed E-state index contributed by atoms with van der Waals surface area (Å²) in [4.78, 5) is 12.2. The van der Waals surface area contributed by atoms with Crippen LogP contribution in [0.1, 0.15) is 26.2 Å². The average molecular weight is 258 g/mol. The molecule has 0 aromatic carbocycles. The molecule has 5 heteroatoms. The van der Waals surface area contributed by atoms with Crippen LogP contribution in [0.2, 0.25) is 0 Å². The summed E-state index contributed by atoms with van der Waals surface area (Å²) in [7, 11) is 1.65. The molecule has 1 rings (SSSR count). The number of hydrogen-bond acceptors (Lipinski definition) is 4. The summed E-state index contributed by atoms with van der Waals surface area (Å²) in [5.41, 5.74) is -0.217. The number of rotatable bonds is 8. The highest BCUT2D eigenvalue weighted by Gasteiger charge is 2.37. The molecular weight excluding hydrogens is 232 g/mol. The van der Waals surface area contributed by atoms with E-state index in [1.165, 1.54) is 0 Å². The molecule has 2 N–H and O–H groups in total. The maximum atomic E-state index is 12.2. The molecule has 1 unspecified atom stereocenters. The summed E-state index contributed by atoms with van der Waals surface area (Å²) >= 11 is 0. The fourth-order valence-electron chi connectivity index (χ4n) is 2.29. The van der Waals surface area contributed by atoms with Crippen LogP contribution in [-0.4, -0.2) is 52.5 Å². The summed E-state index contributed by atoms with van der Waals surface area (Å²) in [6, 6.07) is 0. The molecule has 1 amide bonds. The number of carbonyl (C=O) groups is 1. The molecule has 0 spiro atoms. The first kappa shape index (κ1) is 15.4. The topological polar surface area (TPSA) is 59.6 Å². The van der Waals surface area contributed by atoms with E-state index in [9.17, 15) is 4.79 Å². The van der Waals surface area contributed by atoms with Gasteiger partial charge in [0.1, 0.15) is 0 Å². The number of carbonyl (C=O) groups excluding carboxylic acids is 1. The van der Waals surface area contributed by atoms with Gasteiger partial charge in [0.15, 0.2) is 0 Å². The van der Waals surface area contributed by atoms with Gasteiger partial charge >= 0.3 is 0 Å². The van der Waals surface area contributed by atoms with Crippen LogP contribution < -0.4 is 10.6 Å². The van der Waals surface area contributed by atoms with Gasteiger partial charge in [0.25, 0.3) is 0 Å². The molecule has 0 saturated carbocycles. The highest BCUT2D eigenvalue weighted by molar-refractivity contribution is 5.83. The molecule has 5 nitrogen and oxygen atoms in total. The molecule has 106 valence electrons. The van der Waals surface area contributed by atoms with Crippen LogP contribution >= 0.6 is 0 Å². The first-order valence-corrected chi connectivity index (χ1v) is 6.81. The zero-order chi connectivity index (χ0) is 13.3. The highest BCUT2D eigenvalue weighted by Crippen LogP contribution is 2.29. The lowest BCUT2D eigenvalue weighted by Gasteiger charge is -2.35. The van der Waals surface area contributed by atoms with Gasteiger partial charge in [-0.25, -0.2) is 0 Å². The van der Waals surface area contributed by atoms with E-state index >= 15 is 0 Å². The van der Waals surface area contributed by atoms with E-state index in [-0.39, 0.29) is 11.3 Å². The number of methoxy groups -OCH3 is 1. The Morgan fingerprint density at radius 3 is 2.83 bits per heavy atom. The molecule has 18 heavy (non-hydrogen) atoms. The highest BCUT2D eigenvalue weighted by atomic mass is 16.5. The van der Waals surface area contributed by atoms with Crippen molar-refractivity contribution in [2.45, 2.75) is 26.2 Å². The third-order valence-electron chi connectivity index (χ3n) is 3.59. The van der Waals surface area contributed by atoms with Crippen molar-refractivity contribution < 1.29 is 14.3 Å². The second-order valence-corrected chi connectivity index (χ2v) is 4.78. The lowest BCUT2D eigenvalue weighted by atomic mass is 9.77. The van der Waals surface area contributed by atoms with Crippen LogP contribution in [0.5, 0.6) is 0 Å². The van der Waals surface area contributed by atoms with E-state index in [1.54, 1.807) is 7.11 Å². The van der Waals surface area contributed by atoms with Crippen molar-refractivity contribution in [3.63, 3.8) is 0 Å². The van der Waals surface area contributed by atoms with Gasteiger partial charge in [-0.3, -0.25) is 4.79 Å². The smallest absolute Gasteiger partial charge is 0.227 e. The number of amides is 1. The Balaban J connectivity index is 2.21. The third-order valence-corrected chi connectivity index (χ3v) is 3.59. The van der Waals surface area contributed by atoms with Gasteiger partial charge in [-0.15, -0.1) is 0 Å². The summed E-state index contributed by atoms with van der Waals surface area (Å²) in [6.45, 7) is 6.19. The van der Waals surface area contributed by atoms with Crippen LogP contribution in [0.25, 0.3) is 0 Å². The maximum absolute atomic E-state index is 12.2. The Hall–Kier alpha value is -0.650. The normalized spacial score (nSPS) is 23.9. The molecule has 0 radical (unpaired) electrons. The molecule has 0 bridgehead atoms. The van der Waals surface area contributed by atoms with Crippen molar-refractivity contribution in [1.29, 1.82) is 0 Å². The Labute approximate surface area is 110 Å². The van der Waals surface area contributed by atoms with Gasteiger partial charge in [0.2, 0.25) is 5.91 Å². The molecule has 1 aliphatic rings. The molecule has 1 fully saturated rings. The lowest BCUT2D eigenvalue weighted by Crippen LogP contribution is -2.50. The molecule has 0 aromatic heterocycles. The Kier molecular flexibility index (Phi) is 7.23. The monoisotopic (exact) mass is 258 g/mol. The van der Waals surface area contributed by atoms with Crippen LogP contribution in [0.4, 0.5) is 0 Å². The minimum atomic E-state index is -0.217. The van der Waals surface area contributed by atoms with Crippen molar-refractivity contribution >= 4 is 5.91 Å². The second kappa shape index (κ2) is 8.45. The van der Waals surface area contributed by atoms with Crippen LogP contribution in [0, 0.1) is 5.41 Å². The van der Waals surface area contributed by atoms with E-state index in [0.717, 1.165) is 32.4 Å². The fraction of sp³-hybridized carbons (Fsp3) is 0.923.